The maximum atomic E-state index is 11.2. The second kappa shape index (κ2) is 6.24. The molecule has 20 heavy (non-hydrogen) atoms. The molecule has 1 atom stereocenters. The molecule has 0 fully saturated rings. The molecular weight excluding hydrogens is 248 g/mol. The molecule has 104 valence electrons. The number of nitrogens with one attached hydrogen (secondary N) is 2. The lowest BCUT2D eigenvalue weighted by Crippen LogP contribution is -2.09. The highest BCUT2D eigenvalue weighted by molar-refractivity contribution is 5.90. The molecule has 3 nitrogen and oxygen atoms in total. The van der Waals surface area contributed by atoms with Gasteiger partial charge in [-0.2, -0.15) is 0 Å². The standard InChI is InChI=1S/C17H20N2O/c1-12-9-10-16(11-17(12)19-14(3)20)18-13(2)15-7-5-4-6-8-15/h4-11,13,18H,1-3H3,(H,19,20). The minimum absolute atomic E-state index is 0.0543. The largest absolute Gasteiger partial charge is 0.378 e. The summed E-state index contributed by atoms with van der Waals surface area (Å²) in [5, 5.41) is 6.30. The number of rotatable bonds is 4. The molecule has 0 spiro atoms. The van der Waals surface area contributed by atoms with Crippen molar-refractivity contribution in [2.75, 3.05) is 10.6 Å². The quantitative estimate of drug-likeness (QED) is 0.875. The molecule has 0 saturated carbocycles. The van der Waals surface area contributed by atoms with Gasteiger partial charge in [0.1, 0.15) is 0 Å². The Morgan fingerprint density at radius 1 is 1.10 bits per heavy atom. The fourth-order valence-corrected chi connectivity index (χ4v) is 2.11. The van der Waals surface area contributed by atoms with E-state index < -0.39 is 0 Å². The Hall–Kier alpha value is -2.29. The van der Waals surface area contributed by atoms with Crippen LogP contribution in [0.4, 0.5) is 11.4 Å². The van der Waals surface area contributed by atoms with Gasteiger partial charge in [0.2, 0.25) is 5.91 Å². The first-order valence-electron chi connectivity index (χ1n) is 6.76. The van der Waals surface area contributed by atoms with Crippen LogP contribution in [-0.4, -0.2) is 5.91 Å². The highest BCUT2D eigenvalue weighted by Gasteiger charge is 2.06. The van der Waals surface area contributed by atoms with E-state index in [-0.39, 0.29) is 11.9 Å². The number of amides is 1. The normalized spacial score (nSPS) is 11.8. The van der Waals surface area contributed by atoms with Crippen molar-refractivity contribution in [3.63, 3.8) is 0 Å². The Morgan fingerprint density at radius 2 is 1.80 bits per heavy atom. The number of carbonyl (C=O) groups is 1. The monoisotopic (exact) mass is 268 g/mol. The van der Waals surface area contributed by atoms with Crippen LogP contribution in [-0.2, 0) is 4.79 Å². The second-order valence-electron chi connectivity index (χ2n) is 4.99. The first kappa shape index (κ1) is 14.1. The first-order valence-corrected chi connectivity index (χ1v) is 6.76. The lowest BCUT2D eigenvalue weighted by molar-refractivity contribution is -0.114. The van der Waals surface area contributed by atoms with Crippen LogP contribution in [0.25, 0.3) is 0 Å². The smallest absolute Gasteiger partial charge is 0.221 e. The van der Waals surface area contributed by atoms with E-state index in [9.17, 15) is 4.79 Å². The Morgan fingerprint density at radius 3 is 2.45 bits per heavy atom. The number of carbonyl (C=O) groups excluding carboxylic acids is 1. The third-order valence-corrected chi connectivity index (χ3v) is 3.23. The van der Waals surface area contributed by atoms with Crippen molar-refractivity contribution in [2.24, 2.45) is 0 Å². The van der Waals surface area contributed by atoms with Gasteiger partial charge in [0.05, 0.1) is 0 Å². The zero-order valence-corrected chi connectivity index (χ0v) is 12.1. The summed E-state index contributed by atoms with van der Waals surface area (Å²) in [7, 11) is 0. The van der Waals surface area contributed by atoms with Crippen LogP contribution in [0, 0.1) is 6.92 Å². The van der Waals surface area contributed by atoms with E-state index >= 15 is 0 Å². The van der Waals surface area contributed by atoms with E-state index in [2.05, 4.69) is 29.7 Å². The average molecular weight is 268 g/mol. The summed E-state index contributed by atoms with van der Waals surface area (Å²) in [4.78, 5) is 11.2. The fraction of sp³-hybridized carbons (Fsp3) is 0.235. The molecular formula is C17H20N2O. The summed E-state index contributed by atoms with van der Waals surface area (Å²) in [5.41, 5.74) is 4.13. The van der Waals surface area contributed by atoms with E-state index in [0.29, 0.717) is 0 Å². The van der Waals surface area contributed by atoms with Crippen LogP contribution in [0.3, 0.4) is 0 Å². The maximum Gasteiger partial charge on any atom is 0.221 e. The minimum Gasteiger partial charge on any atom is -0.378 e. The number of hydrogen-bond donors (Lipinski definition) is 2. The molecule has 2 rings (SSSR count). The van der Waals surface area contributed by atoms with E-state index in [1.165, 1.54) is 12.5 Å². The molecule has 2 N–H and O–H groups in total. The molecule has 1 amide bonds. The van der Waals surface area contributed by atoms with Crippen molar-refractivity contribution in [1.82, 2.24) is 0 Å². The van der Waals surface area contributed by atoms with Gasteiger partial charge in [-0.25, -0.2) is 0 Å². The first-order chi connectivity index (χ1) is 9.56. The number of aryl methyl sites for hydroxylation is 1. The van der Waals surface area contributed by atoms with Gasteiger partial charge >= 0.3 is 0 Å². The number of benzene rings is 2. The highest BCUT2D eigenvalue weighted by Crippen LogP contribution is 2.24. The van der Waals surface area contributed by atoms with Gasteiger partial charge in [-0.05, 0) is 37.1 Å². The van der Waals surface area contributed by atoms with Gasteiger partial charge < -0.3 is 10.6 Å². The second-order valence-corrected chi connectivity index (χ2v) is 4.99. The fourth-order valence-electron chi connectivity index (χ4n) is 2.11. The maximum absolute atomic E-state index is 11.2. The molecule has 2 aromatic carbocycles. The zero-order valence-electron chi connectivity index (χ0n) is 12.1. The summed E-state index contributed by atoms with van der Waals surface area (Å²) >= 11 is 0. The topological polar surface area (TPSA) is 41.1 Å². The van der Waals surface area contributed by atoms with Crippen molar-refractivity contribution in [3.05, 3.63) is 59.7 Å². The third-order valence-electron chi connectivity index (χ3n) is 3.23. The van der Waals surface area contributed by atoms with Gasteiger partial charge in [-0.1, -0.05) is 36.4 Å². The molecule has 3 heteroatoms. The summed E-state index contributed by atoms with van der Waals surface area (Å²) in [5.74, 6) is -0.0543. The number of anilines is 2. The summed E-state index contributed by atoms with van der Waals surface area (Å²) in [6.07, 6.45) is 0. The molecule has 0 heterocycles. The lowest BCUT2D eigenvalue weighted by Gasteiger charge is -2.17. The molecule has 0 aromatic heterocycles. The Balaban J connectivity index is 2.15. The minimum atomic E-state index is -0.0543. The zero-order chi connectivity index (χ0) is 14.5. The van der Waals surface area contributed by atoms with Gasteiger partial charge in [0.25, 0.3) is 0 Å². The average Bonchev–Trinajstić information content (AvgIpc) is 2.43. The Kier molecular flexibility index (Phi) is 4.41. The predicted molar refractivity (Wildman–Crippen MR) is 84.0 cm³/mol. The van der Waals surface area contributed by atoms with Crippen molar-refractivity contribution >= 4 is 17.3 Å². The molecule has 0 aliphatic carbocycles. The molecule has 0 aliphatic heterocycles. The lowest BCUT2D eigenvalue weighted by atomic mass is 10.1. The highest BCUT2D eigenvalue weighted by atomic mass is 16.1. The summed E-state index contributed by atoms with van der Waals surface area (Å²) < 4.78 is 0. The Bertz CT molecular complexity index is 593. The van der Waals surface area contributed by atoms with Crippen LogP contribution >= 0.6 is 0 Å². The predicted octanol–water partition coefficient (Wildman–Crippen LogP) is 4.13. The molecule has 1 unspecified atom stereocenters. The molecule has 2 aromatic rings. The number of hydrogen-bond acceptors (Lipinski definition) is 2. The van der Waals surface area contributed by atoms with Gasteiger partial charge in [0.15, 0.2) is 0 Å². The Labute approximate surface area is 120 Å². The summed E-state index contributed by atoms with van der Waals surface area (Å²) in [6, 6.07) is 16.5. The third kappa shape index (κ3) is 3.60. The molecule has 0 radical (unpaired) electrons. The SMILES string of the molecule is CC(=O)Nc1cc(NC(C)c2ccccc2)ccc1C. The van der Waals surface area contributed by atoms with Crippen molar-refractivity contribution in [1.29, 1.82) is 0 Å². The molecule has 0 bridgehead atoms. The van der Waals surface area contributed by atoms with Gasteiger partial charge in [-0.3, -0.25) is 4.79 Å². The van der Waals surface area contributed by atoms with Gasteiger partial charge in [-0.15, -0.1) is 0 Å². The van der Waals surface area contributed by atoms with Crippen LogP contribution < -0.4 is 10.6 Å². The van der Waals surface area contributed by atoms with Crippen LogP contribution in [0.15, 0.2) is 48.5 Å². The van der Waals surface area contributed by atoms with E-state index in [4.69, 9.17) is 0 Å². The van der Waals surface area contributed by atoms with Crippen molar-refractivity contribution in [3.8, 4) is 0 Å². The van der Waals surface area contributed by atoms with Crippen LogP contribution in [0.1, 0.15) is 31.0 Å². The van der Waals surface area contributed by atoms with Crippen molar-refractivity contribution in [2.45, 2.75) is 26.8 Å². The van der Waals surface area contributed by atoms with Gasteiger partial charge in [0, 0.05) is 24.3 Å². The summed E-state index contributed by atoms with van der Waals surface area (Å²) in [6.45, 7) is 5.62. The molecule has 0 aliphatic rings. The van der Waals surface area contributed by atoms with Crippen LogP contribution in [0.5, 0.6) is 0 Å². The van der Waals surface area contributed by atoms with Crippen molar-refractivity contribution < 1.29 is 4.79 Å². The van der Waals surface area contributed by atoms with E-state index in [0.717, 1.165) is 16.9 Å². The van der Waals surface area contributed by atoms with Crippen LogP contribution in [0.2, 0.25) is 0 Å². The molecule has 0 saturated heterocycles. The van der Waals surface area contributed by atoms with E-state index in [1.54, 1.807) is 0 Å². The van der Waals surface area contributed by atoms with E-state index in [1.807, 2.05) is 43.3 Å².